The third-order valence-electron chi connectivity index (χ3n) is 6.69. The molecular formula is C30H36BrN3O4S. The number of hydrogen-bond acceptors (Lipinski definition) is 4. The van der Waals surface area contributed by atoms with Crippen molar-refractivity contribution in [2.75, 3.05) is 17.4 Å². The van der Waals surface area contributed by atoms with E-state index >= 15 is 0 Å². The van der Waals surface area contributed by atoms with Gasteiger partial charge in [0.2, 0.25) is 11.8 Å². The zero-order chi connectivity index (χ0) is 28.6. The first-order valence-corrected chi connectivity index (χ1v) is 15.2. The van der Waals surface area contributed by atoms with Crippen LogP contribution in [0, 0.1) is 13.8 Å². The van der Waals surface area contributed by atoms with E-state index in [9.17, 15) is 18.0 Å². The Hall–Kier alpha value is -3.17. The molecule has 0 fully saturated rings. The van der Waals surface area contributed by atoms with E-state index in [0.29, 0.717) is 12.2 Å². The van der Waals surface area contributed by atoms with Crippen LogP contribution in [0.5, 0.6) is 0 Å². The molecule has 0 bridgehead atoms. The van der Waals surface area contributed by atoms with E-state index in [1.165, 1.54) is 17.0 Å². The Balaban J connectivity index is 2.03. The lowest BCUT2D eigenvalue weighted by molar-refractivity contribution is -0.139. The van der Waals surface area contributed by atoms with Crippen molar-refractivity contribution in [3.05, 3.63) is 94.0 Å². The first kappa shape index (κ1) is 30.4. The van der Waals surface area contributed by atoms with E-state index in [2.05, 4.69) is 21.2 Å². The Morgan fingerprint density at radius 3 is 2.33 bits per heavy atom. The second-order valence-corrected chi connectivity index (χ2v) is 12.3. The fraction of sp³-hybridized carbons (Fsp3) is 0.333. The van der Waals surface area contributed by atoms with Crippen LogP contribution < -0.4 is 9.62 Å². The summed E-state index contributed by atoms with van der Waals surface area (Å²) in [7, 11) is -4.09. The molecule has 0 saturated carbocycles. The third-order valence-corrected chi connectivity index (χ3v) is 8.96. The van der Waals surface area contributed by atoms with Crippen molar-refractivity contribution in [3.63, 3.8) is 0 Å². The quantitative estimate of drug-likeness (QED) is 0.270. The minimum absolute atomic E-state index is 0.0857. The van der Waals surface area contributed by atoms with Crippen molar-refractivity contribution >= 4 is 43.5 Å². The molecule has 0 radical (unpaired) electrons. The number of aryl methyl sites for hydroxylation is 1. The van der Waals surface area contributed by atoms with E-state index in [1.807, 2.05) is 51.1 Å². The minimum Gasteiger partial charge on any atom is -0.354 e. The van der Waals surface area contributed by atoms with Crippen LogP contribution in [0.2, 0.25) is 0 Å². The maximum absolute atomic E-state index is 14.0. The number of carbonyl (C=O) groups is 2. The molecule has 0 heterocycles. The molecule has 9 heteroatoms. The van der Waals surface area contributed by atoms with Crippen molar-refractivity contribution in [2.45, 2.75) is 58.0 Å². The molecule has 3 aromatic carbocycles. The highest BCUT2D eigenvalue weighted by molar-refractivity contribution is 9.10. The molecule has 39 heavy (non-hydrogen) atoms. The summed E-state index contributed by atoms with van der Waals surface area (Å²) in [5, 5.41) is 2.90. The van der Waals surface area contributed by atoms with Gasteiger partial charge in [-0.1, -0.05) is 71.7 Å². The summed E-state index contributed by atoms with van der Waals surface area (Å²) in [6.07, 6.45) is 1.76. The SMILES string of the molecule is CCCCNC(=O)[C@@H](C)N(Cc1cccc(Br)c1)C(=O)CN(c1cccc(C)c1C)S(=O)(=O)c1ccccc1. The van der Waals surface area contributed by atoms with E-state index in [1.54, 1.807) is 37.3 Å². The molecule has 3 rings (SSSR count). The average Bonchev–Trinajstić information content (AvgIpc) is 2.92. The van der Waals surface area contributed by atoms with Gasteiger partial charge in [-0.15, -0.1) is 0 Å². The Morgan fingerprint density at radius 2 is 1.67 bits per heavy atom. The van der Waals surface area contributed by atoms with Crippen LogP contribution in [0.4, 0.5) is 5.69 Å². The van der Waals surface area contributed by atoms with E-state index in [0.717, 1.165) is 38.3 Å². The summed E-state index contributed by atoms with van der Waals surface area (Å²) in [6, 6.07) is 20.1. The van der Waals surface area contributed by atoms with Crippen molar-refractivity contribution in [1.29, 1.82) is 0 Å². The van der Waals surface area contributed by atoms with Gasteiger partial charge in [-0.05, 0) is 74.2 Å². The van der Waals surface area contributed by atoms with E-state index < -0.39 is 28.5 Å². The number of sulfonamides is 1. The van der Waals surface area contributed by atoms with Gasteiger partial charge in [-0.25, -0.2) is 8.42 Å². The Morgan fingerprint density at radius 1 is 0.974 bits per heavy atom. The van der Waals surface area contributed by atoms with Gasteiger partial charge in [-0.2, -0.15) is 0 Å². The highest BCUT2D eigenvalue weighted by atomic mass is 79.9. The number of benzene rings is 3. The van der Waals surface area contributed by atoms with Crippen LogP contribution in [0.1, 0.15) is 43.4 Å². The smallest absolute Gasteiger partial charge is 0.264 e. The molecule has 0 aromatic heterocycles. The lowest BCUT2D eigenvalue weighted by Crippen LogP contribution is -2.51. The van der Waals surface area contributed by atoms with Crippen molar-refractivity contribution in [2.24, 2.45) is 0 Å². The summed E-state index contributed by atoms with van der Waals surface area (Å²) in [6.45, 7) is 7.64. The Kier molecular flexibility index (Phi) is 10.7. The minimum atomic E-state index is -4.09. The third kappa shape index (κ3) is 7.70. The summed E-state index contributed by atoms with van der Waals surface area (Å²) in [5.41, 5.74) is 2.90. The second kappa shape index (κ2) is 13.8. The molecule has 0 aliphatic carbocycles. The zero-order valence-electron chi connectivity index (χ0n) is 22.9. The number of unbranched alkanes of at least 4 members (excludes halogenated alkanes) is 1. The van der Waals surface area contributed by atoms with Gasteiger partial charge in [0.15, 0.2) is 0 Å². The number of carbonyl (C=O) groups excluding carboxylic acids is 2. The maximum atomic E-state index is 14.0. The number of anilines is 1. The molecule has 1 N–H and O–H groups in total. The van der Waals surface area contributed by atoms with Crippen molar-refractivity contribution in [3.8, 4) is 0 Å². The summed E-state index contributed by atoms with van der Waals surface area (Å²) in [4.78, 5) is 28.6. The van der Waals surface area contributed by atoms with E-state index in [-0.39, 0.29) is 17.3 Å². The predicted molar refractivity (Wildman–Crippen MR) is 159 cm³/mol. The Bertz CT molecular complexity index is 1400. The molecule has 7 nitrogen and oxygen atoms in total. The Labute approximate surface area is 240 Å². The summed E-state index contributed by atoms with van der Waals surface area (Å²) >= 11 is 3.46. The highest BCUT2D eigenvalue weighted by Crippen LogP contribution is 2.29. The van der Waals surface area contributed by atoms with Crippen molar-refractivity contribution < 1.29 is 18.0 Å². The van der Waals surface area contributed by atoms with Gasteiger partial charge in [0.05, 0.1) is 10.6 Å². The number of hydrogen-bond donors (Lipinski definition) is 1. The number of nitrogens with zero attached hydrogens (tertiary/aromatic N) is 2. The molecule has 0 unspecified atom stereocenters. The topological polar surface area (TPSA) is 86.8 Å². The normalized spacial score (nSPS) is 12.0. The van der Waals surface area contributed by atoms with Crippen LogP contribution in [0.15, 0.2) is 82.2 Å². The number of amides is 2. The van der Waals surface area contributed by atoms with Gasteiger partial charge < -0.3 is 10.2 Å². The number of nitrogens with one attached hydrogen (secondary N) is 1. The van der Waals surface area contributed by atoms with Crippen molar-refractivity contribution in [1.82, 2.24) is 10.2 Å². The van der Waals surface area contributed by atoms with Crippen LogP contribution in [-0.2, 0) is 26.2 Å². The molecule has 0 aliphatic heterocycles. The number of halogens is 1. The number of rotatable bonds is 12. The first-order chi connectivity index (χ1) is 18.6. The lowest BCUT2D eigenvalue weighted by Gasteiger charge is -2.32. The van der Waals surface area contributed by atoms with Crippen LogP contribution >= 0.6 is 15.9 Å². The predicted octanol–water partition coefficient (Wildman–Crippen LogP) is 5.59. The lowest BCUT2D eigenvalue weighted by atomic mass is 10.1. The fourth-order valence-corrected chi connectivity index (χ4v) is 6.13. The first-order valence-electron chi connectivity index (χ1n) is 13.0. The van der Waals surface area contributed by atoms with Crippen LogP contribution in [-0.4, -0.2) is 44.3 Å². The van der Waals surface area contributed by atoms with Gasteiger partial charge in [-0.3, -0.25) is 13.9 Å². The molecule has 1 atom stereocenters. The molecule has 0 spiro atoms. The van der Waals surface area contributed by atoms with E-state index in [4.69, 9.17) is 0 Å². The van der Waals surface area contributed by atoms with Gasteiger partial charge in [0.25, 0.3) is 10.0 Å². The molecule has 3 aromatic rings. The van der Waals surface area contributed by atoms with Gasteiger partial charge in [0, 0.05) is 17.6 Å². The molecular weight excluding hydrogens is 578 g/mol. The molecule has 0 aliphatic rings. The summed E-state index contributed by atoms with van der Waals surface area (Å²) < 4.78 is 29.8. The molecule has 0 saturated heterocycles. The van der Waals surface area contributed by atoms with Gasteiger partial charge in [0.1, 0.15) is 12.6 Å². The zero-order valence-corrected chi connectivity index (χ0v) is 25.3. The second-order valence-electron chi connectivity index (χ2n) is 9.52. The summed E-state index contributed by atoms with van der Waals surface area (Å²) in [5.74, 6) is -0.760. The fourth-order valence-electron chi connectivity index (χ4n) is 4.19. The average molecular weight is 615 g/mol. The molecule has 208 valence electrons. The van der Waals surface area contributed by atoms with Crippen LogP contribution in [0.3, 0.4) is 0 Å². The highest BCUT2D eigenvalue weighted by Gasteiger charge is 2.33. The standard InChI is InChI=1S/C30H36BrN3O4S/c1-5-6-18-32-30(36)24(4)33(20-25-13-11-14-26(31)19-25)29(35)21-34(28-17-10-12-22(2)23(28)3)39(37,38)27-15-8-7-9-16-27/h7-17,19,24H,5-6,18,20-21H2,1-4H3,(H,32,36)/t24-/m1/s1. The largest absolute Gasteiger partial charge is 0.354 e. The van der Waals surface area contributed by atoms with Crippen LogP contribution in [0.25, 0.3) is 0 Å². The molecule has 2 amide bonds. The van der Waals surface area contributed by atoms with Gasteiger partial charge >= 0.3 is 0 Å². The maximum Gasteiger partial charge on any atom is 0.264 e. The monoisotopic (exact) mass is 613 g/mol.